The lowest BCUT2D eigenvalue weighted by Gasteiger charge is -2.10. The summed E-state index contributed by atoms with van der Waals surface area (Å²) in [5.41, 5.74) is 0.573. The lowest BCUT2D eigenvalue weighted by Crippen LogP contribution is -2.12. The summed E-state index contributed by atoms with van der Waals surface area (Å²) in [6.07, 6.45) is 0.951. The third-order valence-corrected chi connectivity index (χ3v) is 4.26. The van der Waals surface area contributed by atoms with Crippen LogP contribution in [0.4, 0.5) is 8.78 Å². The number of benzene rings is 1. The molecule has 0 radical (unpaired) electrons. The Kier molecular flexibility index (Phi) is 5.70. The molecular weight excluding hydrogens is 292 g/mol. The van der Waals surface area contributed by atoms with Crippen LogP contribution >= 0.6 is 11.3 Å². The molecule has 0 atom stereocenters. The maximum Gasteiger partial charge on any atom is 0.191 e. The first-order valence-corrected chi connectivity index (χ1v) is 7.84. The Balaban J connectivity index is 2.05. The molecule has 2 aromatic rings. The third kappa shape index (κ3) is 4.25. The topological polar surface area (TPSA) is 21.3 Å². The van der Waals surface area contributed by atoms with Crippen LogP contribution in [0.1, 0.15) is 29.2 Å². The van der Waals surface area contributed by atoms with Gasteiger partial charge < -0.3 is 10.1 Å². The lowest BCUT2D eigenvalue weighted by atomic mass is 10.2. The number of hydrogen-bond acceptors (Lipinski definition) is 3. The minimum absolute atomic E-state index is 0.186. The van der Waals surface area contributed by atoms with Crippen molar-refractivity contribution in [2.24, 2.45) is 0 Å². The lowest BCUT2D eigenvalue weighted by molar-refractivity contribution is 0.276. The third-order valence-electron chi connectivity index (χ3n) is 3.06. The van der Waals surface area contributed by atoms with Crippen molar-refractivity contribution in [2.75, 3.05) is 6.54 Å². The number of aryl methyl sites for hydroxylation is 1. The summed E-state index contributed by atoms with van der Waals surface area (Å²) >= 11 is 1.60. The van der Waals surface area contributed by atoms with E-state index in [1.54, 1.807) is 11.3 Å². The normalized spacial score (nSPS) is 10.9. The zero-order chi connectivity index (χ0) is 15.2. The summed E-state index contributed by atoms with van der Waals surface area (Å²) in [4.78, 5) is 2.19. The highest BCUT2D eigenvalue weighted by Crippen LogP contribution is 2.26. The average molecular weight is 311 g/mol. The first-order valence-electron chi connectivity index (χ1n) is 7.03. The second-order valence-electron chi connectivity index (χ2n) is 4.68. The van der Waals surface area contributed by atoms with Gasteiger partial charge in [0.1, 0.15) is 6.61 Å². The Bertz CT molecular complexity index is 575. The van der Waals surface area contributed by atoms with Gasteiger partial charge in [-0.05, 0) is 42.8 Å². The molecule has 0 unspecified atom stereocenters. The van der Waals surface area contributed by atoms with Gasteiger partial charge in [-0.25, -0.2) is 8.78 Å². The molecule has 5 heteroatoms. The van der Waals surface area contributed by atoms with E-state index >= 15 is 0 Å². The molecular formula is C16H19F2NOS. The highest BCUT2D eigenvalue weighted by molar-refractivity contribution is 7.11. The molecule has 0 spiro atoms. The van der Waals surface area contributed by atoms with E-state index < -0.39 is 11.6 Å². The van der Waals surface area contributed by atoms with E-state index in [0.717, 1.165) is 17.8 Å². The Morgan fingerprint density at radius 2 is 1.76 bits per heavy atom. The largest absolute Gasteiger partial charge is 0.482 e. The summed E-state index contributed by atoms with van der Waals surface area (Å²) in [6.45, 7) is 5.38. The van der Waals surface area contributed by atoms with Gasteiger partial charge in [-0.2, -0.15) is 0 Å². The van der Waals surface area contributed by atoms with Gasteiger partial charge in [-0.1, -0.05) is 13.8 Å². The van der Waals surface area contributed by atoms with Crippen LogP contribution in [-0.4, -0.2) is 6.54 Å². The standard InChI is InChI=1S/C16H19F2NOS/c1-3-12-5-6-13(21-12)10-20-16-14(17)7-11(8-15(16)18)9-19-4-2/h5-8,19H,3-4,9-10H2,1-2H3. The van der Waals surface area contributed by atoms with Crippen molar-refractivity contribution in [3.63, 3.8) is 0 Å². The molecule has 0 aliphatic carbocycles. The number of thiophene rings is 1. The van der Waals surface area contributed by atoms with Crippen LogP contribution in [0.25, 0.3) is 0 Å². The fraction of sp³-hybridized carbons (Fsp3) is 0.375. The van der Waals surface area contributed by atoms with Crippen LogP contribution < -0.4 is 10.1 Å². The van der Waals surface area contributed by atoms with Crippen molar-refractivity contribution in [1.29, 1.82) is 0 Å². The smallest absolute Gasteiger partial charge is 0.191 e. The van der Waals surface area contributed by atoms with E-state index in [4.69, 9.17) is 4.74 Å². The minimum Gasteiger partial charge on any atom is -0.482 e. The predicted molar refractivity (Wildman–Crippen MR) is 81.8 cm³/mol. The summed E-state index contributed by atoms with van der Waals surface area (Å²) in [6, 6.07) is 6.56. The quantitative estimate of drug-likeness (QED) is 0.824. The van der Waals surface area contributed by atoms with E-state index in [1.165, 1.54) is 17.0 Å². The van der Waals surface area contributed by atoms with Crippen molar-refractivity contribution in [1.82, 2.24) is 5.32 Å². The number of hydrogen-bond donors (Lipinski definition) is 1. The molecule has 114 valence electrons. The van der Waals surface area contributed by atoms with Gasteiger partial charge in [-0.3, -0.25) is 0 Å². The molecule has 1 N–H and O–H groups in total. The summed E-state index contributed by atoms with van der Waals surface area (Å²) in [5, 5.41) is 3.03. The van der Waals surface area contributed by atoms with Gasteiger partial charge in [-0.15, -0.1) is 11.3 Å². The number of rotatable bonds is 7. The van der Waals surface area contributed by atoms with Crippen molar-refractivity contribution < 1.29 is 13.5 Å². The molecule has 0 saturated heterocycles. The van der Waals surface area contributed by atoms with Crippen molar-refractivity contribution in [3.8, 4) is 5.75 Å². The molecule has 0 fully saturated rings. The van der Waals surface area contributed by atoms with E-state index in [-0.39, 0.29) is 12.4 Å². The second-order valence-corrected chi connectivity index (χ2v) is 5.93. The second kappa shape index (κ2) is 7.52. The van der Waals surface area contributed by atoms with Crippen LogP contribution in [0.15, 0.2) is 24.3 Å². The van der Waals surface area contributed by atoms with E-state index in [0.29, 0.717) is 12.1 Å². The monoisotopic (exact) mass is 311 g/mol. The maximum atomic E-state index is 13.9. The van der Waals surface area contributed by atoms with Gasteiger partial charge in [0.15, 0.2) is 17.4 Å². The fourth-order valence-corrected chi connectivity index (χ4v) is 2.83. The zero-order valence-electron chi connectivity index (χ0n) is 12.2. The number of halogens is 2. The Hall–Kier alpha value is -1.46. The molecule has 0 saturated carbocycles. The highest BCUT2D eigenvalue weighted by Gasteiger charge is 2.13. The van der Waals surface area contributed by atoms with Crippen LogP contribution in [-0.2, 0) is 19.6 Å². The van der Waals surface area contributed by atoms with Crippen LogP contribution in [0, 0.1) is 11.6 Å². The van der Waals surface area contributed by atoms with Gasteiger partial charge in [0.25, 0.3) is 0 Å². The molecule has 21 heavy (non-hydrogen) atoms. The molecule has 0 aliphatic rings. The van der Waals surface area contributed by atoms with Crippen molar-refractivity contribution in [2.45, 2.75) is 33.4 Å². The number of ether oxygens (including phenoxy) is 1. The van der Waals surface area contributed by atoms with Gasteiger partial charge in [0.05, 0.1) is 0 Å². The molecule has 2 nitrogen and oxygen atoms in total. The molecule has 1 aromatic carbocycles. The van der Waals surface area contributed by atoms with Gasteiger partial charge >= 0.3 is 0 Å². The Morgan fingerprint density at radius 1 is 1.10 bits per heavy atom. The molecule has 0 aliphatic heterocycles. The Morgan fingerprint density at radius 3 is 2.33 bits per heavy atom. The van der Waals surface area contributed by atoms with E-state index in [2.05, 4.69) is 12.2 Å². The van der Waals surface area contributed by atoms with E-state index in [9.17, 15) is 8.78 Å². The highest BCUT2D eigenvalue weighted by atomic mass is 32.1. The molecule has 2 rings (SSSR count). The molecule has 1 heterocycles. The number of nitrogens with one attached hydrogen (secondary N) is 1. The molecule has 0 bridgehead atoms. The van der Waals surface area contributed by atoms with E-state index in [1.807, 2.05) is 19.1 Å². The zero-order valence-corrected chi connectivity index (χ0v) is 13.0. The fourth-order valence-electron chi connectivity index (χ4n) is 1.95. The molecule has 1 aromatic heterocycles. The first kappa shape index (κ1) is 15.9. The summed E-state index contributed by atoms with van der Waals surface area (Å²) < 4.78 is 33.2. The van der Waals surface area contributed by atoms with Crippen LogP contribution in [0.2, 0.25) is 0 Å². The van der Waals surface area contributed by atoms with Crippen LogP contribution in [0.5, 0.6) is 5.75 Å². The summed E-state index contributed by atoms with van der Waals surface area (Å²) in [7, 11) is 0. The summed E-state index contributed by atoms with van der Waals surface area (Å²) in [5.74, 6) is -1.62. The SMILES string of the molecule is CCNCc1cc(F)c(OCc2ccc(CC)s2)c(F)c1. The molecule has 0 amide bonds. The van der Waals surface area contributed by atoms with Crippen molar-refractivity contribution in [3.05, 3.63) is 51.2 Å². The maximum absolute atomic E-state index is 13.9. The van der Waals surface area contributed by atoms with Gasteiger partial charge in [0, 0.05) is 16.3 Å². The van der Waals surface area contributed by atoms with Crippen molar-refractivity contribution >= 4 is 11.3 Å². The Labute approximate surface area is 127 Å². The average Bonchev–Trinajstić information content (AvgIpc) is 2.92. The first-order chi connectivity index (χ1) is 10.1. The van der Waals surface area contributed by atoms with Gasteiger partial charge in [0.2, 0.25) is 0 Å². The predicted octanol–water partition coefficient (Wildman–Crippen LogP) is 4.28. The van der Waals surface area contributed by atoms with Crippen LogP contribution in [0.3, 0.4) is 0 Å². The minimum atomic E-state index is -0.657.